The van der Waals surface area contributed by atoms with Crippen LogP contribution in [0.25, 0.3) is 0 Å². The fourth-order valence-electron chi connectivity index (χ4n) is 2.08. The number of aryl methyl sites for hydroxylation is 2. The topological polar surface area (TPSA) is 69.0 Å². The Bertz CT molecular complexity index is 489. The molecule has 5 nitrogen and oxygen atoms in total. The molecule has 5 heteroatoms. The van der Waals surface area contributed by atoms with E-state index in [4.69, 9.17) is 10.3 Å². The number of furan rings is 1. The van der Waals surface area contributed by atoms with Crippen LogP contribution in [0.1, 0.15) is 36.5 Å². The van der Waals surface area contributed by atoms with Crippen molar-refractivity contribution < 1.29 is 4.42 Å². The van der Waals surface area contributed by atoms with Gasteiger partial charge in [0.25, 0.3) is 0 Å². The van der Waals surface area contributed by atoms with Crippen molar-refractivity contribution in [3.05, 3.63) is 41.9 Å². The van der Waals surface area contributed by atoms with E-state index in [0.717, 1.165) is 36.5 Å². The summed E-state index contributed by atoms with van der Waals surface area (Å²) < 4.78 is 7.49. The van der Waals surface area contributed by atoms with Crippen LogP contribution < -0.4 is 11.3 Å². The molecular formula is C13H20N4O. The average molecular weight is 248 g/mol. The van der Waals surface area contributed by atoms with Crippen molar-refractivity contribution in [2.75, 3.05) is 0 Å². The number of hydrazine groups is 1. The monoisotopic (exact) mass is 248 g/mol. The molecule has 0 saturated heterocycles. The van der Waals surface area contributed by atoms with Gasteiger partial charge in [0.15, 0.2) is 0 Å². The molecule has 0 bridgehead atoms. The maximum absolute atomic E-state index is 5.63. The molecule has 3 N–H and O–H groups in total. The molecule has 0 amide bonds. The number of aromatic nitrogens is 2. The van der Waals surface area contributed by atoms with E-state index in [0.29, 0.717) is 0 Å². The first-order valence-electron chi connectivity index (χ1n) is 6.25. The van der Waals surface area contributed by atoms with Crippen LogP contribution in [0.3, 0.4) is 0 Å². The molecule has 0 aliphatic rings. The maximum atomic E-state index is 5.63. The summed E-state index contributed by atoms with van der Waals surface area (Å²) in [6, 6.07) is 2.03. The Kier molecular flexibility index (Phi) is 4.17. The van der Waals surface area contributed by atoms with Crippen LogP contribution in [0.2, 0.25) is 0 Å². The van der Waals surface area contributed by atoms with Gasteiger partial charge in [0, 0.05) is 30.9 Å². The Labute approximate surface area is 107 Å². The average Bonchev–Trinajstić information content (AvgIpc) is 2.96. The molecule has 0 saturated carbocycles. The number of nitrogens with two attached hydrogens (primary N) is 1. The standard InChI is InChI=1S/C13H20N4O/c1-3-5-17-6-4-15-13(17)8-12(16-14)11-7-10(2)18-9-11/h4,6-7,9,12,16H,3,5,8,14H2,1-2H3. The van der Waals surface area contributed by atoms with E-state index in [9.17, 15) is 0 Å². The zero-order valence-electron chi connectivity index (χ0n) is 10.9. The van der Waals surface area contributed by atoms with E-state index >= 15 is 0 Å². The van der Waals surface area contributed by atoms with Crippen molar-refractivity contribution in [3.8, 4) is 0 Å². The number of hydrogen-bond donors (Lipinski definition) is 2. The van der Waals surface area contributed by atoms with Crippen LogP contribution in [0.4, 0.5) is 0 Å². The lowest BCUT2D eigenvalue weighted by Crippen LogP contribution is -2.30. The minimum absolute atomic E-state index is 0.0282. The van der Waals surface area contributed by atoms with Crippen LogP contribution in [-0.2, 0) is 13.0 Å². The molecular weight excluding hydrogens is 228 g/mol. The number of rotatable bonds is 6. The van der Waals surface area contributed by atoms with E-state index in [1.54, 1.807) is 6.26 Å². The summed E-state index contributed by atoms with van der Waals surface area (Å²) in [6.07, 6.45) is 7.43. The SMILES string of the molecule is CCCn1ccnc1CC(NN)c1coc(C)c1. The summed E-state index contributed by atoms with van der Waals surface area (Å²) in [4.78, 5) is 4.39. The highest BCUT2D eigenvalue weighted by molar-refractivity contribution is 5.17. The van der Waals surface area contributed by atoms with Crippen LogP contribution in [-0.4, -0.2) is 9.55 Å². The number of nitrogens with one attached hydrogen (secondary N) is 1. The Hall–Kier alpha value is -1.59. The summed E-state index contributed by atoms with van der Waals surface area (Å²) in [5.41, 5.74) is 3.88. The van der Waals surface area contributed by atoms with Crippen LogP contribution in [0.15, 0.2) is 29.1 Å². The second-order valence-corrected chi connectivity index (χ2v) is 4.45. The van der Waals surface area contributed by atoms with Crippen molar-refractivity contribution in [1.29, 1.82) is 0 Å². The molecule has 0 fully saturated rings. The second kappa shape index (κ2) is 5.84. The maximum Gasteiger partial charge on any atom is 0.110 e. The molecule has 2 aromatic rings. The fraction of sp³-hybridized carbons (Fsp3) is 0.462. The van der Waals surface area contributed by atoms with Gasteiger partial charge >= 0.3 is 0 Å². The second-order valence-electron chi connectivity index (χ2n) is 4.45. The van der Waals surface area contributed by atoms with Gasteiger partial charge < -0.3 is 8.98 Å². The molecule has 0 aliphatic heterocycles. The molecule has 2 aromatic heterocycles. The van der Waals surface area contributed by atoms with Gasteiger partial charge in [-0.25, -0.2) is 4.98 Å². The summed E-state index contributed by atoms with van der Waals surface area (Å²) in [6.45, 7) is 5.06. The first-order valence-corrected chi connectivity index (χ1v) is 6.25. The first kappa shape index (κ1) is 12.9. The van der Waals surface area contributed by atoms with Gasteiger partial charge in [0.1, 0.15) is 11.6 Å². The molecule has 0 radical (unpaired) electrons. The zero-order valence-corrected chi connectivity index (χ0v) is 10.9. The quantitative estimate of drug-likeness (QED) is 0.605. The van der Waals surface area contributed by atoms with Gasteiger partial charge in [-0.15, -0.1) is 0 Å². The van der Waals surface area contributed by atoms with Gasteiger partial charge in [-0.3, -0.25) is 11.3 Å². The number of imidazole rings is 1. The van der Waals surface area contributed by atoms with Gasteiger partial charge in [0.05, 0.1) is 12.3 Å². The van der Waals surface area contributed by atoms with Gasteiger partial charge in [0.2, 0.25) is 0 Å². The van der Waals surface area contributed by atoms with Gasteiger partial charge in [-0.1, -0.05) is 6.92 Å². The highest BCUT2D eigenvalue weighted by Gasteiger charge is 2.15. The highest BCUT2D eigenvalue weighted by Crippen LogP contribution is 2.19. The lowest BCUT2D eigenvalue weighted by molar-refractivity contribution is 0.497. The fourth-order valence-corrected chi connectivity index (χ4v) is 2.08. The Morgan fingerprint density at radius 2 is 2.39 bits per heavy atom. The first-order chi connectivity index (χ1) is 8.74. The summed E-state index contributed by atoms with van der Waals surface area (Å²) in [5.74, 6) is 7.56. The number of nitrogens with zero attached hydrogens (tertiary/aromatic N) is 2. The summed E-state index contributed by atoms with van der Waals surface area (Å²) >= 11 is 0. The van der Waals surface area contributed by atoms with E-state index in [-0.39, 0.29) is 6.04 Å². The van der Waals surface area contributed by atoms with E-state index in [1.165, 1.54) is 0 Å². The van der Waals surface area contributed by atoms with Crippen molar-refractivity contribution >= 4 is 0 Å². The lowest BCUT2D eigenvalue weighted by Gasteiger charge is -2.14. The van der Waals surface area contributed by atoms with Crippen LogP contribution in [0, 0.1) is 6.92 Å². The normalized spacial score (nSPS) is 12.8. The molecule has 1 unspecified atom stereocenters. The molecule has 1 atom stereocenters. The molecule has 0 aliphatic carbocycles. The molecule has 18 heavy (non-hydrogen) atoms. The van der Waals surface area contributed by atoms with E-state index in [2.05, 4.69) is 21.9 Å². The van der Waals surface area contributed by atoms with Crippen molar-refractivity contribution in [1.82, 2.24) is 15.0 Å². The van der Waals surface area contributed by atoms with Crippen molar-refractivity contribution in [2.45, 2.75) is 39.3 Å². The highest BCUT2D eigenvalue weighted by atomic mass is 16.3. The Morgan fingerprint density at radius 1 is 1.56 bits per heavy atom. The zero-order chi connectivity index (χ0) is 13.0. The predicted molar refractivity (Wildman–Crippen MR) is 69.7 cm³/mol. The third-order valence-electron chi connectivity index (χ3n) is 3.01. The Morgan fingerprint density at radius 3 is 3.00 bits per heavy atom. The van der Waals surface area contributed by atoms with E-state index < -0.39 is 0 Å². The van der Waals surface area contributed by atoms with E-state index in [1.807, 2.05) is 25.4 Å². The van der Waals surface area contributed by atoms with Crippen molar-refractivity contribution in [2.24, 2.45) is 5.84 Å². The molecule has 2 rings (SSSR count). The minimum Gasteiger partial charge on any atom is -0.469 e. The van der Waals surface area contributed by atoms with Crippen LogP contribution in [0.5, 0.6) is 0 Å². The molecule has 0 spiro atoms. The molecule has 0 aromatic carbocycles. The third kappa shape index (κ3) is 2.80. The summed E-state index contributed by atoms with van der Waals surface area (Å²) in [7, 11) is 0. The number of hydrogen-bond acceptors (Lipinski definition) is 4. The van der Waals surface area contributed by atoms with Crippen molar-refractivity contribution in [3.63, 3.8) is 0 Å². The largest absolute Gasteiger partial charge is 0.469 e. The summed E-state index contributed by atoms with van der Waals surface area (Å²) in [5, 5.41) is 0. The molecule has 98 valence electrons. The smallest absolute Gasteiger partial charge is 0.110 e. The molecule has 2 heterocycles. The minimum atomic E-state index is 0.0282. The Balaban J connectivity index is 2.12. The predicted octanol–water partition coefficient (Wildman–Crippen LogP) is 1.94. The van der Waals surface area contributed by atoms with Crippen LogP contribution >= 0.6 is 0 Å². The third-order valence-corrected chi connectivity index (χ3v) is 3.01. The van der Waals surface area contributed by atoms with Gasteiger partial charge in [-0.05, 0) is 19.4 Å². The van der Waals surface area contributed by atoms with Gasteiger partial charge in [-0.2, -0.15) is 0 Å². The lowest BCUT2D eigenvalue weighted by atomic mass is 10.1.